The molecule has 1 heterocycles. The van der Waals surface area contributed by atoms with Gasteiger partial charge in [0.2, 0.25) is 0 Å². The summed E-state index contributed by atoms with van der Waals surface area (Å²) in [6.07, 6.45) is 10.7. The number of aromatic nitrogens is 1. The van der Waals surface area contributed by atoms with Crippen LogP contribution in [0.1, 0.15) is 36.9 Å². The quantitative estimate of drug-likeness (QED) is 0.571. The van der Waals surface area contributed by atoms with Gasteiger partial charge in [-0.2, -0.15) is 0 Å². The topological polar surface area (TPSA) is 12.9 Å². The summed E-state index contributed by atoms with van der Waals surface area (Å²) in [6, 6.07) is 2.27. The Balaban J connectivity index is 2.36. The van der Waals surface area contributed by atoms with Crippen LogP contribution in [0, 0.1) is 5.92 Å². The van der Waals surface area contributed by atoms with Crippen molar-refractivity contribution in [1.82, 2.24) is 4.98 Å². The fourth-order valence-corrected chi connectivity index (χ4v) is 4.74. The fraction of sp³-hybridized carbons (Fsp3) is 0.500. The molecule has 1 aromatic rings. The van der Waals surface area contributed by atoms with E-state index >= 15 is 0 Å². The summed E-state index contributed by atoms with van der Waals surface area (Å²) in [6.45, 7) is 15.1. The molecule has 0 spiro atoms. The predicted octanol–water partition coefficient (Wildman–Crippen LogP) is 4.56. The lowest BCUT2D eigenvalue weighted by molar-refractivity contribution is 0.547. The van der Waals surface area contributed by atoms with Crippen LogP contribution in [0.4, 0.5) is 0 Å². The van der Waals surface area contributed by atoms with Crippen molar-refractivity contribution in [3.05, 3.63) is 42.8 Å². The molecule has 0 amide bonds. The van der Waals surface area contributed by atoms with E-state index in [-0.39, 0.29) is 0 Å². The van der Waals surface area contributed by atoms with Crippen LogP contribution >= 0.6 is 0 Å². The zero-order valence-corrected chi connectivity index (χ0v) is 14.2. The molecule has 0 atom stereocenters. The summed E-state index contributed by atoms with van der Waals surface area (Å²) in [5.41, 5.74) is 3.44. The van der Waals surface area contributed by atoms with E-state index in [9.17, 15) is 0 Å². The van der Waals surface area contributed by atoms with Crippen LogP contribution in [0.25, 0.3) is 5.57 Å². The lowest BCUT2D eigenvalue weighted by atomic mass is 9.97. The minimum absolute atomic E-state index is 0.873. The molecule has 1 nitrogen and oxygen atoms in total. The van der Waals surface area contributed by atoms with Gasteiger partial charge in [-0.15, -0.1) is 0 Å². The van der Waals surface area contributed by atoms with Gasteiger partial charge in [-0.3, -0.25) is 4.98 Å². The maximum atomic E-state index is 4.62. The van der Waals surface area contributed by atoms with Crippen molar-refractivity contribution in [2.24, 2.45) is 5.92 Å². The molecular formula is C18H27NSi. The summed E-state index contributed by atoms with van der Waals surface area (Å²) < 4.78 is 0. The minimum Gasteiger partial charge on any atom is -0.256 e. The molecular weight excluding hydrogens is 258 g/mol. The molecule has 2 heteroatoms. The van der Waals surface area contributed by atoms with Crippen LogP contribution in [0.5, 0.6) is 0 Å². The SMILES string of the molecule is C=CC(=C)c1cc(CC2CCCC2)c([Si](C)(C)C)cn1. The number of pyridine rings is 1. The third kappa shape index (κ3) is 3.48. The monoisotopic (exact) mass is 285 g/mol. The normalized spacial score (nSPS) is 16.4. The average Bonchev–Trinajstić information content (AvgIpc) is 2.89. The molecule has 20 heavy (non-hydrogen) atoms. The van der Waals surface area contributed by atoms with E-state index in [2.05, 4.69) is 50.0 Å². The van der Waals surface area contributed by atoms with Gasteiger partial charge >= 0.3 is 0 Å². The molecule has 1 fully saturated rings. The number of nitrogens with zero attached hydrogens (tertiary/aromatic N) is 1. The highest BCUT2D eigenvalue weighted by atomic mass is 28.3. The van der Waals surface area contributed by atoms with Gasteiger partial charge in [0.1, 0.15) is 0 Å². The summed E-state index contributed by atoms with van der Waals surface area (Å²) in [5, 5.41) is 1.52. The third-order valence-corrected chi connectivity index (χ3v) is 6.42. The summed E-state index contributed by atoms with van der Waals surface area (Å²) in [7, 11) is -1.34. The van der Waals surface area contributed by atoms with E-state index in [0.29, 0.717) is 0 Å². The van der Waals surface area contributed by atoms with Crippen molar-refractivity contribution < 1.29 is 0 Å². The second-order valence-electron chi connectivity index (χ2n) is 7.06. The van der Waals surface area contributed by atoms with Gasteiger partial charge in [0.15, 0.2) is 0 Å². The van der Waals surface area contributed by atoms with Gasteiger partial charge in [-0.05, 0) is 34.7 Å². The van der Waals surface area contributed by atoms with Gasteiger partial charge in [0.05, 0.1) is 13.8 Å². The first-order valence-electron chi connectivity index (χ1n) is 7.73. The van der Waals surface area contributed by atoms with E-state index in [4.69, 9.17) is 0 Å². The van der Waals surface area contributed by atoms with Crippen molar-refractivity contribution in [2.75, 3.05) is 0 Å². The number of hydrogen-bond donors (Lipinski definition) is 0. The Kier molecular flexibility index (Phi) is 4.64. The van der Waals surface area contributed by atoms with Crippen LogP contribution in [0.3, 0.4) is 0 Å². The molecule has 0 N–H and O–H groups in total. The van der Waals surface area contributed by atoms with Gasteiger partial charge < -0.3 is 0 Å². The first kappa shape index (κ1) is 15.2. The molecule has 0 radical (unpaired) electrons. The lowest BCUT2D eigenvalue weighted by Gasteiger charge is -2.23. The first-order valence-corrected chi connectivity index (χ1v) is 11.2. The molecule has 2 rings (SSSR count). The molecule has 1 aliphatic rings. The standard InChI is InChI=1S/C18H27NSi/c1-6-14(2)17-12-16(11-15-9-7-8-10-15)18(13-19-17)20(3,4)5/h6,12-13,15H,1-2,7-11H2,3-5H3. The van der Waals surface area contributed by atoms with Gasteiger partial charge in [0.25, 0.3) is 0 Å². The maximum absolute atomic E-state index is 4.62. The van der Waals surface area contributed by atoms with Crippen molar-refractivity contribution >= 4 is 18.8 Å². The third-order valence-electron chi connectivity index (χ3n) is 4.36. The van der Waals surface area contributed by atoms with Crippen molar-refractivity contribution in [1.29, 1.82) is 0 Å². The molecule has 108 valence electrons. The van der Waals surface area contributed by atoms with Crippen molar-refractivity contribution in [3.8, 4) is 0 Å². The van der Waals surface area contributed by atoms with Gasteiger partial charge in [-0.1, -0.05) is 64.6 Å². The second-order valence-corrected chi connectivity index (χ2v) is 12.1. The summed E-state index contributed by atoms with van der Waals surface area (Å²) in [5.74, 6) is 0.873. The fourth-order valence-electron chi connectivity index (χ4n) is 3.15. The molecule has 0 bridgehead atoms. The number of rotatable bonds is 5. The first-order chi connectivity index (χ1) is 9.41. The number of allylic oxidation sites excluding steroid dienone is 2. The largest absolute Gasteiger partial charge is 0.256 e. The Morgan fingerprint density at radius 1 is 1.35 bits per heavy atom. The molecule has 1 aliphatic carbocycles. The molecule has 0 aromatic carbocycles. The zero-order valence-electron chi connectivity index (χ0n) is 13.2. The Morgan fingerprint density at radius 2 is 2.00 bits per heavy atom. The van der Waals surface area contributed by atoms with Gasteiger partial charge in [-0.25, -0.2) is 0 Å². The highest BCUT2D eigenvalue weighted by Crippen LogP contribution is 2.28. The Hall–Kier alpha value is -1.15. The molecule has 0 saturated heterocycles. The molecule has 1 saturated carbocycles. The van der Waals surface area contributed by atoms with Crippen molar-refractivity contribution in [3.63, 3.8) is 0 Å². The molecule has 1 aromatic heterocycles. The van der Waals surface area contributed by atoms with E-state index < -0.39 is 8.07 Å². The highest BCUT2D eigenvalue weighted by Gasteiger charge is 2.24. The Morgan fingerprint density at radius 3 is 2.55 bits per heavy atom. The molecule has 0 unspecified atom stereocenters. The minimum atomic E-state index is -1.34. The molecule has 0 aliphatic heterocycles. The Labute approximate surface area is 124 Å². The van der Waals surface area contributed by atoms with E-state index in [1.807, 2.05) is 0 Å². The van der Waals surface area contributed by atoms with E-state index in [0.717, 1.165) is 17.2 Å². The smallest absolute Gasteiger partial charge is 0.0799 e. The predicted molar refractivity (Wildman–Crippen MR) is 92.1 cm³/mol. The van der Waals surface area contributed by atoms with Crippen LogP contribution in [0.15, 0.2) is 31.5 Å². The van der Waals surface area contributed by atoms with Crippen LogP contribution < -0.4 is 5.19 Å². The van der Waals surface area contributed by atoms with E-state index in [1.54, 1.807) is 6.08 Å². The van der Waals surface area contributed by atoms with Crippen LogP contribution in [0.2, 0.25) is 19.6 Å². The van der Waals surface area contributed by atoms with Crippen LogP contribution in [-0.4, -0.2) is 13.1 Å². The van der Waals surface area contributed by atoms with E-state index in [1.165, 1.54) is 42.9 Å². The number of hydrogen-bond acceptors (Lipinski definition) is 1. The average molecular weight is 286 g/mol. The highest BCUT2D eigenvalue weighted by molar-refractivity contribution is 6.89. The maximum Gasteiger partial charge on any atom is 0.0799 e. The summed E-state index contributed by atoms with van der Waals surface area (Å²) in [4.78, 5) is 4.62. The van der Waals surface area contributed by atoms with Crippen LogP contribution in [-0.2, 0) is 6.42 Å². The lowest BCUT2D eigenvalue weighted by Crippen LogP contribution is -2.41. The van der Waals surface area contributed by atoms with Crippen molar-refractivity contribution in [2.45, 2.75) is 51.7 Å². The summed E-state index contributed by atoms with van der Waals surface area (Å²) >= 11 is 0. The Bertz CT molecular complexity index is 505. The zero-order chi connectivity index (χ0) is 14.8. The van der Waals surface area contributed by atoms with Gasteiger partial charge in [0, 0.05) is 6.20 Å². The second kappa shape index (κ2) is 6.09.